The lowest BCUT2D eigenvalue weighted by atomic mass is 9.95. The van der Waals surface area contributed by atoms with E-state index in [4.69, 9.17) is 9.47 Å². The molecular weight excluding hydrogens is 272 g/mol. The van der Waals surface area contributed by atoms with Crippen molar-refractivity contribution in [1.82, 2.24) is 0 Å². The number of hydrogen-bond acceptors (Lipinski definition) is 4. The summed E-state index contributed by atoms with van der Waals surface area (Å²) < 4.78 is 10.4. The lowest BCUT2D eigenvalue weighted by Gasteiger charge is -2.21. The molecule has 0 radical (unpaired) electrons. The van der Waals surface area contributed by atoms with Crippen molar-refractivity contribution in [2.24, 2.45) is 5.92 Å². The average Bonchev–Trinajstić information content (AvgIpc) is 2.36. The number of carboxylic acids is 1. The second kappa shape index (κ2) is 7.11. The van der Waals surface area contributed by atoms with Crippen molar-refractivity contribution in [2.45, 2.75) is 39.2 Å². The van der Waals surface area contributed by atoms with Crippen LogP contribution in [-0.4, -0.2) is 29.8 Å². The molecule has 1 unspecified atom stereocenters. The second-order valence-corrected chi connectivity index (χ2v) is 5.84. The minimum Gasteiger partial charge on any atom is -0.496 e. The quantitative estimate of drug-likeness (QED) is 0.817. The maximum atomic E-state index is 11.8. The number of methoxy groups -OCH3 is 1. The van der Waals surface area contributed by atoms with E-state index in [2.05, 4.69) is 0 Å². The zero-order valence-corrected chi connectivity index (χ0v) is 12.9. The van der Waals surface area contributed by atoms with Crippen molar-refractivity contribution in [3.8, 4) is 5.75 Å². The summed E-state index contributed by atoms with van der Waals surface area (Å²) in [5, 5.41) is 9.30. The fourth-order valence-corrected chi connectivity index (χ4v) is 1.97. The van der Waals surface area contributed by atoms with E-state index in [1.807, 2.05) is 12.1 Å². The van der Waals surface area contributed by atoms with Gasteiger partial charge in [0, 0.05) is 0 Å². The number of benzene rings is 1. The van der Waals surface area contributed by atoms with Crippen molar-refractivity contribution in [3.63, 3.8) is 0 Å². The second-order valence-electron chi connectivity index (χ2n) is 5.84. The molecule has 0 spiro atoms. The first-order valence-corrected chi connectivity index (χ1v) is 6.79. The van der Waals surface area contributed by atoms with Gasteiger partial charge in [0.05, 0.1) is 19.4 Å². The molecule has 5 nitrogen and oxygen atoms in total. The van der Waals surface area contributed by atoms with E-state index in [1.165, 1.54) is 7.11 Å². The molecule has 1 aromatic carbocycles. The molecule has 0 bridgehead atoms. The third-order valence-corrected chi connectivity index (χ3v) is 2.84. The highest BCUT2D eigenvalue weighted by Gasteiger charge is 2.26. The van der Waals surface area contributed by atoms with Gasteiger partial charge in [-0.05, 0) is 38.8 Å². The van der Waals surface area contributed by atoms with Gasteiger partial charge in [0.1, 0.15) is 11.4 Å². The molecule has 0 saturated carbocycles. The van der Waals surface area contributed by atoms with E-state index in [9.17, 15) is 14.7 Å². The molecular formula is C16H22O5. The summed E-state index contributed by atoms with van der Waals surface area (Å²) in [5.41, 5.74) is 0.140. The van der Waals surface area contributed by atoms with E-state index in [0.717, 1.165) is 5.56 Å². The monoisotopic (exact) mass is 294 g/mol. The number of para-hydroxylation sites is 1. The highest BCUT2D eigenvalue weighted by Crippen LogP contribution is 2.23. The highest BCUT2D eigenvalue weighted by molar-refractivity contribution is 5.79. The first-order valence-electron chi connectivity index (χ1n) is 6.79. The number of rotatable bonds is 6. The zero-order valence-electron chi connectivity index (χ0n) is 12.9. The summed E-state index contributed by atoms with van der Waals surface area (Å²) in [6.07, 6.45) is 0.0588. The van der Waals surface area contributed by atoms with E-state index in [-0.39, 0.29) is 12.8 Å². The van der Waals surface area contributed by atoms with Crippen LogP contribution < -0.4 is 4.74 Å². The minimum absolute atomic E-state index is 0.162. The first-order chi connectivity index (χ1) is 9.73. The third kappa shape index (κ3) is 5.85. The normalized spacial score (nSPS) is 12.6. The number of aliphatic carboxylic acids is 1. The van der Waals surface area contributed by atoms with Crippen molar-refractivity contribution in [1.29, 1.82) is 0 Å². The Hall–Kier alpha value is -2.04. The number of esters is 1. The standard InChI is InChI=1S/C16H22O5/c1-16(2,3)21-14(17)10-12(15(18)19)9-11-7-5-6-8-13(11)20-4/h5-8,12H,9-10H2,1-4H3,(H,18,19). The van der Waals surface area contributed by atoms with Crippen molar-refractivity contribution in [2.75, 3.05) is 7.11 Å². The van der Waals surface area contributed by atoms with Crippen molar-refractivity contribution >= 4 is 11.9 Å². The molecule has 0 aliphatic rings. The van der Waals surface area contributed by atoms with Crippen LogP contribution in [0, 0.1) is 5.92 Å². The van der Waals surface area contributed by atoms with E-state index in [1.54, 1.807) is 32.9 Å². The summed E-state index contributed by atoms with van der Waals surface area (Å²) in [5.74, 6) is -1.75. The molecule has 0 saturated heterocycles. The Bertz CT molecular complexity index is 502. The van der Waals surface area contributed by atoms with Crippen LogP contribution in [-0.2, 0) is 20.7 Å². The van der Waals surface area contributed by atoms with Crippen LogP contribution in [0.2, 0.25) is 0 Å². The number of carbonyl (C=O) groups excluding carboxylic acids is 1. The Morgan fingerprint density at radius 3 is 2.38 bits per heavy atom. The highest BCUT2D eigenvalue weighted by atomic mass is 16.6. The van der Waals surface area contributed by atoms with Gasteiger partial charge >= 0.3 is 11.9 Å². The van der Waals surface area contributed by atoms with E-state index in [0.29, 0.717) is 5.75 Å². The minimum atomic E-state index is -1.02. The summed E-state index contributed by atoms with van der Waals surface area (Å²) in [6.45, 7) is 5.25. The van der Waals surface area contributed by atoms with E-state index >= 15 is 0 Å². The van der Waals surface area contributed by atoms with Crippen LogP contribution in [0.4, 0.5) is 0 Å². The predicted octanol–water partition coefficient (Wildman–Crippen LogP) is 2.67. The Morgan fingerprint density at radius 2 is 1.86 bits per heavy atom. The average molecular weight is 294 g/mol. The molecule has 0 amide bonds. The lowest BCUT2D eigenvalue weighted by molar-refractivity contribution is -0.159. The van der Waals surface area contributed by atoms with Crippen molar-refractivity contribution in [3.05, 3.63) is 29.8 Å². The molecule has 0 heterocycles. The Labute approximate surface area is 124 Å². The Kier molecular flexibility index (Phi) is 5.76. The van der Waals surface area contributed by atoms with Crippen LogP contribution in [0.1, 0.15) is 32.8 Å². The lowest BCUT2D eigenvalue weighted by Crippen LogP contribution is -2.28. The molecule has 1 N–H and O–H groups in total. The smallest absolute Gasteiger partial charge is 0.307 e. The molecule has 5 heteroatoms. The summed E-state index contributed by atoms with van der Waals surface area (Å²) in [4.78, 5) is 23.2. The molecule has 0 aliphatic heterocycles. The SMILES string of the molecule is COc1ccccc1CC(CC(=O)OC(C)(C)C)C(=O)O. The van der Waals surface area contributed by atoms with Gasteiger partial charge < -0.3 is 14.6 Å². The van der Waals surface area contributed by atoms with Crippen LogP contribution in [0.25, 0.3) is 0 Å². The number of carbonyl (C=O) groups is 2. The molecule has 1 rings (SSSR count). The molecule has 0 aliphatic carbocycles. The maximum absolute atomic E-state index is 11.8. The van der Waals surface area contributed by atoms with Gasteiger partial charge in [0.15, 0.2) is 0 Å². The summed E-state index contributed by atoms with van der Waals surface area (Å²) in [7, 11) is 1.53. The van der Waals surface area contributed by atoms with Crippen LogP contribution in [0.15, 0.2) is 24.3 Å². The maximum Gasteiger partial charge on any atom is 0.307 e. The van der Waals surface area contributed by atoms with Crippen LogP contribution in [0.3, 0.4) is 0 Å². The molecule has 21 heavy (non-hydrogen) atoms. The summed E-state index contributed by atoms with van der Waals surface area (Å²) in [6, 6.07) is 7.18. The first kappa shape index (κ1) is 17.0. The number of carboxylic acid groups (broad SMARTS) is 1. The molecule has 0 fully saturated rings. The fraction of sp³-hybridized carbons (Fsp3) is 0.500. The van der Waals surface area contributed by atoms with Gasteiger partial charge in [-0.15, -0.1) is 0 Å². The molecule has 1 atom stereocenters. The van der Waals surface area contributed by atoms with Gasteiger partial charge in [0.2, 0.25) is 0 Å². The van der Waals surface area contributed by atoms with Gasteiger partial charge in [-0.2, -0.15) is 0 Å². The third-order valence-electron chi connectivity index (χ3n) is 2.84. The summed E-state index contributed by atoms with van der Waals surface area (Å²) >= 11 is 0. The predicted molar refractivity (Wildman–Crippen MR) is 78.3 cm³/mol. The van der Waals surface area contributed by atoms with E-state index < -0.39 is 23.5 Å². The molecule has 0 aromatic heterocycles. The molecule has 1 aromatic rings. The van der Waals surface area contributed by atoms with Crippen LogP contribution in [0.5, 0.6) is 5.75 Å². The van der Waals surface area contributed by atoms with Gasteiger partial charge in [-0.3, -0.25) is 9.59 Å². The van der Waals surface area contributed by atoms with Gasteiger partial charge in [0.25, 0.3) is 0 Å². The number of ether oxygens (including phenoxy) is 2. The number of hydrogen-bond donors (Lipinski definition) is 1. The Morgan fingerprint density at radius 1 is 1.24 bits per heavy atom. The fourth-order valence-electron chi connectivity index (χ4n) is 1.97. The van der Waals surface area contributed by atoms with Crippen LogP contribution >= 0.6 is 0 Å². The van der Waals surface area contributed by atoms with Crippen molar-refractivity contribution < 1.29 is 24.2 Å². The Balaban J connectivity index is 2.79. The topological polar surface area (TPSA) is 72.8 Å². The largest absolute Gasteiger partial charge is 0.496 e. The zero-order chi connectivity index (χ0) is 16.0. The van der Waals surface area contributed by atoms with Gasteiger partial charge in [-0.1, -0.05) is 18.2 Å². The van der Waals surface area contributed by atoms with Gasteiger partial charge in [-0.25, -0.2) is 0 Å². The molecule has 116 valence electrons.